The summed E-state index contributed by atoms with van der Waals surface area (Å²) < 4.78 is 5.32. The topological polar surface area (TPSA) is 82.1 Å². The number of piperazine rings is 1. The van der Waals surface area contributed by atoms with Gasteiger partial charge in [0.2, 0.25) is 5.91 Å². The molecule has 0 aromatic heterocycles. The molecule has 2 aliphatic rings. The monoisotopic (exact) mass is 355 g/mol. The van der Waals surface area contributed by atoms with E-state index in [2.05, 4.69) is 5.32 Å². The number of nitrogens with zero attached hydrogens (tertiary/aromatic N) is 2. The van der Waals surface area contributed by atoms with Crippen LogP contribution in [0.5, 0.6) is 5.75 Å². The number of phenolic OH excluding ortho intramolecular Hbond substituents is 1. The van der Waals surface area contributed by atoms with Gasteiger partial charge in [-0.1, -0.05) is 12.1 Å². The van der Waals surface area contributed by atoms with E-state index in [0.29, 0.717) is 51.5 Å². The van der Waals surface area contributed by atoms with E-state index in [1.807, 2.05) is 0 Å². The molecule has 0 bridgehead atoms. The number of hydrogen-bond donors (Lipinski definition) is 2. The Morgan fingerprint density at radius 3 is 2.42 bits per heavy atom. The van der Waals surface area contributed by atoms with Crippen LogP contribution in [0.4, 0.5) is 0 Å². The van der Waals surface area contributed by atoms with Crippen molar-refractivity contribution in [2.45, 2.75) is 6.04 Å². The zero-order valence-corrected chi connectivity index (χ0v) is 14.1. The number of carbonyl (C=O) groups is 2. The van der Waals surface area contributed by atoms with Crippen molar-refractivity contribution >= 4 is 24.2 Å². The van der Waals surface area contributed by atoms with E-state index in [0.717, 1.165) is 0 Å². The molecule has 132 valence electrons. The van der Waals surface area contributed by atoms with Gasteiger partial charge in [0.15, 0.2) is 0 Å². The van der Waals surface area contributed by atoms with Gasteiger partial charge in [-0.3, -0.25) is 9.59 Å². The molecule has 2 amide bonds. The molecule has 1 atom stereocenters. The maximum atomic E-state index is 12.4. The highest BCUT2D eigenvalue weighted by Gasteiger charge is 2.30. The lowest BCUT2D eigenvalue weighted by Crippen LogP contribution is -2.57. The number of para-hydroxylation sites is 1. The third-order valence-corrected chi connectivity index (χ3v) is 4.23. The quantitative estimate of drug-likeness (QED) is 0.785. The third kappa shape index (κ3) is 3.98. The highest BCUT2D eigenvalue weighted by molar-refractivity contribution is 5.97. The van der Waals surface area contributed by atoms with Gasteiger partial charge in [-0.25, -0.2) is 0 Å². The normalized spacial score (nSPS) is 21.1. The number of rotatable bonds is 2. The fraction of sp³-hybridized carbons (Fsp3) is 0.500. The van der Waals surface area contributed by atoms with Crippen LogP contribution >= 0.6 is 12.4 Å². The fourth-order valence-electron chi connectivity index (χ4n) is 2.90. The number of aromatic hydroxyl groups is 1. The Labute approximate surface area is 147 Å². The van der Waals surface area contributed by atoms with E-state index in [1.54, 1.807) is 28.0 Å². The van der Waals surface area contributed by atoms with Gasteiger partial charge in [-0.2, -0.15) is 0 Å². The molecular weight excluding hydrogens is 334 g/mol. The molecule has 2 aliphatic heterocycles. The molecule has 1 aromatic carbocycles. The number of morpholine rings is 1. The molecule has 7 nitrogen and oxygen atoms in total. The van der Waals surface area contributed by atoms with Crippen LogP contribution in [0.2, 0.25) is 0 Å². The van der Waals surface area contributed by atoms with E-state index in [9.17, 15) is 14.7 Å². The first-order chi connectivity index (χ1) is 11.2. The van der Waals surface area contributed by atoms with Crippen LogP contribution < -0.4 is 5.32 Å². The summed E-state index contributed by atoms with van der Waals surface area (Å²) in [5.74, 6) is -0.187. The molecule has 1 aromatic rings. The summed E-state index contributed by atoms with van der Waals surface area (Å²) in [6.07, 6.45) is 0. The van der Waals surface area contributed by atoms with Gasteiger partial charge >= 0.3 is 0 Å². The number of nitrogens with one attached hydrogen (secondary N) is 1. The second-order valence-electron chi connectivity index (χ2n) is 5.72. The second-order valence-corrected chi connectivity index (χ2v) is 5.72. The molecule has 0 spiro atoms. The predicted octanol–water partition coefficient (Wildman–Crippen LogP) is 0.0868. The van der Waals surface area contributed by atoms with Crippen molar-refractivity contribution in [1.82, 2.24) is 15.1 Å². The molecule has 24 heavy (non-hydrogen) atoms. The van der Waals surface area contributed by atoms with Crippen molar-refractivity contribution in [3.63, 3.8) is 0 Å². The van der Waals surface area contributed by atoms with Gasteiger partial charge < -0.3 is 25.0 Å². The number of hydrogen-bond acceptors (Lipinski definition) is 5. The van der Waals surface area contributed by atoms with Crippen LogP contribution in [0, 0.1) is 0 Å². The first kappa shape index (κ1) is 18.5. The van der Waals surface area contributed by atoms with Gasteiger partial charge in [-0.15, -0.1) is 12.4 Å². The van der Waals surface area contributed by atoms with Gasteiger partial charge in [-0.05, 0) is 12.1 Å². The summed E-state index contributed by atoms with van der Waals surface area (Å²) in [7, 11) is 0. The molecular formula is C16H22ClN3O4. The van der Waals surface area contributed by atoms with Gasteiger partial charge in [0, 0.05) is 32.7 Å². The largest absolute Gasteiger partial charge is 0.507 e. The van der Waals surface area contributed by atoms with E-state index < -0.39 is 0 Å². The lowest BCUT2D eigenvalue weighted by molar-refractivity contribution is -0.137. The Bertz CT molecular complexity index is 584. The van der Waals surface area contributed by atoms with Crippen molar-refractivity contribution in [2.75, 3.05) is 45.9 Å². The predicted molar refractivity (Wildman–Crippen MR) is 90.4 cm³/mol. The van der Waals surface area contributed by atoms with Gasteiger partial charge in [0.25, 0.3) is 5.91 Å². The molecule has 0 aliphatic carbocycles. The standard InChI is InChI=1S/C16H21N3O4.ClH/c20-14-4-2-1-3-12(14)15(21)18-6-8-19(9-7-18)16(22)13-11-23-10-5-17-13;/h1-4,13,17,20H,5-11H2;1H. The Kier molecular flexibility index (Phi) is 6.42. The third-order valence-electron chi connectivity index (χ3n) is 4.23. The Balaban J connectivity index is 0.00000208. The molecule has 2 heterocycles. The number of halogens is 1. The second kappa shape index (κ2) is 8.32. The van der Waals surface area contributed by atoms with E-state index in [4.69, 9.17) is 4.74 Å². The minimum absolute atomic E-state index is 0. The van der Waals surface area contributed by atoms with Gasteiger partial charge in [0.05, 0.1) is 18.8 Å². The van der Waals surface area contributed by atoms with Crippen LogP contribution in [0.3, 0.4) is 0 Å². The van der Waals surface area contributed by atoms with E-state index in [-0.39, 0.29) is 36.0 Å². The zero-order valence-electron chi connectivity index (χ0n) is 13.3. The first-order valence-electron chi connectivity index (χ1n) is 7.84. The summed E-state index contributed by atoms with van der Waals surface area (Å²) >= 11 is 0. The Hall–Kier alpha value is -1.83. The summed E-state index contributed by atoms with van der Waals surface area (Å²) in [5, 5.41) is 12.9. The van der Waals surface area contributed by atoms with Gasteiger partial charge in [0.1, 0.15) is 11.8 Å². The molecule has 0 saturated carbocycles. The Morgan fingerprint density at radius 1 is 1.12 bits per heavy atom. The first-order valence-corrected chi connectivity index (χ1v) is 7.84. The highest BCUT2D eigenvalue weighted by atomic mass is 35.5. The summed E-state index contributed by atoms with van der Waals surface area (Å²) in [6, 6.07) is 6.23. The lowest BCUT2D eigenvalue weighted by Gasteiger charge is -2.37. The van der Waals surface area contributed by atoms with Crippen molar-refractivity contribution in [2.24, 2.45) is 0 Å². The van der Waals surface area contributed by atoms with Crippen LogP contribution in [-0.4, -0.2) is 78.7 Å². The minimum atomic E-state index is -0.288. The van der Waals surface area contributed by atoms with Crippen molar-refractivity contribution in [3.05, 3.63) is 29.8 Å². The number of carbonyl (C=O) groups excluding carboxylic acids is 2. The van der Waals surface area contributed by atoms with E-state index >= 15 is 0 Å². The highest BCUT2D eigenvalue weighted by Crippen LogP contribution is 2.19. The molecule has 8 heteroatoms. The molecule has 2 N–H and O–H groups in total. The number of phenols is 1. The summed E-state index contributed by atoms with van der Waals surface area (Å²) in [6.45, 7) is 3.64. The summed E-state index contributed by atoms with van der Waals surface area (Å²) in [5.41, 5.74) is 0.301. The minimum Gasteiger partial charge on any atom is -0.507 e. The maximum Gasteiger partial charge on any atom is 0.257 e. The number of benzene rings is 1. The zero-order chi connectivity index (χ0) is 16.2. The summed E-state index contributed by atoms with van der Waals surface area (Å²) in [4.78, 5) is 28.3. The number of amides is 2. The molecule has 0 radical (unpaired) electrons. The van der Waals surface area contributed by atoms with Crippen LogP contribution in [0.15, 0.2) is 24.3 Å². The molecule has 2 fully saturated rings. The molecule has 1 unspecified atom stereocenters. The SMILES string of the molecule is Cl.O=C(c1ccccc1O)N1CCN(C(=O)C2COCCN2)CC1. The average molecular weight is 356 g/mol. The van der Waals surface area contributed by atoms with E-state index in [1.165, 1.54) is 6.07 Å². The van der Waals surface area contributed by atoms with Crippen molar-refractivity contribution < 1.29 is 19.4 Å². The molecule has 2 saturated heterocycles. The van der Waals surface area contributed by atoms with Crippen molar-refractivity contribution in [3.8, 4) is 5.75 Å². The van der Waals surface area contributed by atoms with Crippen molar-refractivity contribution in [1.29, 1.82) is 0 Å². The fourth-order valence-corrected chi connectivity index (χ4v) is 2.90. The molecule has 3 rings (SSSR count). The van der Waals surface area contributed by atoms with Crippen LogP contribution in [-0.2, 0) is 9.53 Å². The van der Waals surface area contributed by atoms with Crippen LogP contribution in [0.1, 0.15) is 10.4 Å². The Morgan fingerprint density at radius 2 is 1.79 bits per heavy atom. The lowest BCUT2D eigenvalue weighted by atomic mass is 10.1. The smallest absolute Gasteiger partial charge is 0.257 e. The number of ether oxygens (including phenoxy) is 1. The maximum absolute atomic E-state index is 12.4. The average Bonchev–Trinajstić information content (AvgIpc) is 2.62. The van der Waals surface area contributed by atoms with Crippen LogP contribution in [0.25, 0.3) is 0 Å².